The lowest BCUT2D eigenvalue weighted by Gasteiger charge is -2.21. The summed E-state index contributed by atoms with van der Waals surface area (Å²) in [6.07, 6.45) is 3.36. The number of amides is 1. The van der Waals surface area contributed by atoms with Crippen molar-refractivity contribution in [3.63, 3.8) is 0 Å². The van der Waals surface area contributed by atoms with Crippen LogP contribution in [0.25, 0.3) is 0 Å². The number of carbonyl (C=O) groups is 1. The number of hydrogen-bond acceptors (Lipinski definition) is 3. The second-order valence-corrected chi connectivity index (χ2v) is 6.69. The van der Waals surface area contributed by atoms with Crippen molar-refractivity contribution in [2.75, 3.05) is 11.9 Å². The van der Waals surface area contributed by atoms with Crippen LogP contribution in [0.4, 0.5) is 11.4 Å². The Kier molecular flexibility index (Phi) is 5.87. The second-order valence-electron chi connectivity index (χ2n) is 6.69. The number of aromatic nitrogens is 1. The summed E-state index contributed by atoms with van der Waals surface area (Å²) in [5, 5.41) is 3.34. The minimum absolute atomic E-state index is 0.0161. The molecule has 0 atom stereocenters. The molecule has 0 saturated heterocycles. The van der Waals surface area contributed by atoms with Crippen molar-refractivity contribution >= 4 is 17.3 Å². The van der Waals surface area contributed by atoms with Crippen LogP contribution >= 0.6 is 0 Å². The van der Waals surface area contributed by atoms with Crippen LogP contribution in [0.1, 0.15) is 34.0 Å². The van der Waals surface area contributed by atoms with E-state index in [4.69, 9.17) is 0 Å². The molecule has 1 amide bonds. The van der Waals surface area contributed by atoms with Gasteiger partial charge in [0.2, 0.25) is 0 Å². The first-order valence-corrected chi connectivity index (χ1v) is 9.19. The summed E-state index contributed by atoms with van der Waals surface area (Å²) in [6, 6.07) is 18.1. The number of aryl methyl sites for hydroxylation is 2. The zero-order valence-corrected chi connectivity index (χ0v) is 16.1. The van der Waals surface area contributed by atoms with Gasteiger partial charge in [0.1, 0.15) is 0 Å². The number of carbonyl (C=O) groups excluding carboxylic acids is 1. The zero-order chi connectivity index (χ0) is 19.2. The summed E-state index contributed by atoms with van der Waals surface area (Å²) in [7, 11) is 0. The van der Waals surface area contributed by atoms with Crippen molar-refractivity contribution in [1.29, 1.82) is 0 Å². The molecule has 0 aliphatic rings. The van der Waals surface area contributed by atoms with Crippen LogP contribution in [0.3, 0.4) is 0 Å². The molecule has 0 aliphatic heterocycles. The third kappa shape index (κ3) is 4.73. The maximum Gasteiger partial charge on any atom is 0.255 e. The molecule has 4 nitrogen and oxygen atoms in total. The highest BCUT2D eigenvalue weighted by Gasteiger charge is 2.15. The number of nitrogens with zero attached hydrogens (tertiary/aromatic N) is 2. The molecule has 1 N–H and O–H groups in total. The van der Waals surface area contributed by atoms with Gasteiger partial charge in [0, 0.05) is 25.0 Å². The summed E-state index contributed by atoms with van der Waals surface area (Å²) in [4.78, 5) is 19.0. The number of anilines is 2. The molecule has 0 spiro atoms. The fraction of sp³-hybridized carbons (Fsp3) is 0.217. The molecule has 1 aromatic heterocycles. The molecule has 0 fully saturated rings. The molecule has 0 unspecified atom stereocenters. The minimum Gasteiger partial charge on any atom is -0.354 e. The van der Waals surface area contributed by atoms with E-state index in [0.717, 1.165) is 16.9 Å². The predicted molar refractivity (Wildman–Crippen MR) is 110 cm³/mol. The van der Waals surface area contributed by atoms with E-state index in [2.05, 4.69) is 36.3 Å². The van der Waals surface area contributed by atoms with Gasteiger partial charge in [0.05, 0.1) is 17.4 Å². The van der Waals surface area contributed by atoms with Gasteiger partial charge < -0.3 is 10.2 Å². The summed E-state index contributed by atoms with van der Waals surface area (Å²) in [5.41, 5.74) is 5.97. The fourth-order valence-electron chi connectivity index (χ4n) is 2.92. The smallest absolute Gasteiger partial charge is 0.255 e. The van der Waals surface area contributed by atoms with Crippen LogP contribution in [0, 0.1) is 13.8 Å². The highest BCUT2D eigenvalue weighted by Crippen LogP contribution is 2.20. The van der Waals surface area contributed by atoms with Crippen LogP contribution in [0.2, 0.25) is 0 Å². The molecule has 0 saturated carbocycles. The van der Waals surface area contributed by atoms with Gasteiger partial charge in [-0.15, -0.1) is 0 Å². The van der Waals surface area contributed by atoms with Gasteiger partial charge in [-0.3, -0.25) is 9.78 Å². The molecule has 138 valence electrons. The zero-order valence-electron chi connectivity index (χ0n) is 16.1. The average molecular weight is 359 g/mol. The molecule has 3 rings (SSSR count). The van der Waals surface area contributed by atoms with E-state index in [0.29, 0.717) is 18.7 Å². The summed E-state index contributed by atoms with van der Waals surface area (Å²) < 4.78 is 0. The quantitative estimate of drug-likeness (QED) is 0.665. The van der Waals surface area contributed by atoms with Crippen LogP contribution in [-0.4, -0.2) is 22.3 Å². The maximum atomic E-state index is 12.9. The Bertz CT molecular complexity index is 922. The predicted octanol–water partition coefficient (Wildman–Crippen LogP) is 5.10. The standard InChI is InChI=1S/C23H25N3O/c1-4-26(16-19-8-6-5-7-9-19)23(27)20-13-22(15-24-14-20)25-21-11-10-17(2)18(3)12-21/h5-15,25H,4,16H2,1-3H3. The Hall–Kier alpha value is -3.14. The van der Waals surface area contributed by atoms with E-state index >= 15 is 0 Å². The molecule has 1 heterocycles. The van der Waals surface area contributed by atoms with Crippen molar-refractivity contribution in [3.05, 3.63) is 89.2 Å². The van der Waals surface area contributed by atoms with E-state index in [1.807, 2.05) is 54.3 Å². The summed E-state index contributed by atoms with van der Waals surface area (Å²) in [6.45, 7) is 7.40. The maximum absolute atomic E-state index is 12.9. The third-order valence-corrected chi connectivity index (χ3v) is 4.67. The summed E-state index contributed by atoms with van der Waals surface area (Å²) in [5.74, 6) is -0.0161. The lowest BCUT2D eigenvalue weighted by atomic mass is 10.1. The van der Waals surface area contributed by atoms with E-state index in [1.54, 1.807) is 12.4 Å². The second kappa shape index (κ2) is 8.49. The molecule has 0 bridgehead atoms. The lowest BCUT2D eigenvalue weighted by Crippen LogP contribution is -2.30. The van der Waals surface area contributed by atoms with Crippen molar-refractivity contribution in [2.24, 2.45) is 0 Å². The molecule has 4 heteroatoms. The third-order valence-electron chi connectivity index (χ3n) is 4.67. The molecule has 0 radical (unpaired) electrons. The van der Waals surface area contributed by atoms with Crippen LogP contribution in [0.15, 0.2) is 67.0 Å². The fourth-order valence-corrected chi connectivity index (χ4v) is 2.92. The Morgan fingerprint density at radius 1 is 0.963 bits per heavy atom. The molecular weight excluding hydrogens is 334 g/mol. The first-order valence-electron chi connectivity index (χ1n) is 9.19. The number of pyridine rings is 1. The van der Waals surface area contributed by atoms with E-state index < -0.39 is 0 Å². The van der Waals surface area contributed by atoms with Gasteiger partial charge >= 0.3 is 0 Å². The summed E-state index contributed by atoms with van der Waals surface area (Å²) >= 11 is 0. The SMILES string of the molecule is CCN(Cc1ccccc1)C(=O)c1cncc(Nc2ccc(C)c(C)c2)c1. The van der Waals surface area contributed by atoms with E-state index in [-0.39, 0.29) is 5.91 Å². The number of rotatable bonds is 6. The van der Waals surface area contributed by atoms with Gasteiger partial charge in [-0.05, 0) is 55.7 Å². The number of benzene rings is 2. The van der Waals surface area contributed by atoms with Crippen molar-refractivity contribution < 1.29 is 4.79 Å². The largest absolute Gasteiger partial charge is 0.354 e. The van der Waals surface area contributed by atoms with Crippen molar-refractivity contribution in [1.82, 2.24) is 9.88 Å². The molecule has 3 aromatic rings. The van der Waals surface area contributed by atoms with Gasteiger partial charge in [-0.25, -0.2) is 0 Å². The van der Waals surface area contributed by atoms with Gasteiger partial charge in [-0.2, -0.15) is 0 Å². The lowest BCUT2D eigenvalue weighted by molar-refractivity contribution is 0.0752. The van der Waals surface area contributed by atoms with Crippen LogP contribution in [-0.2, 0) is 6.54 Å². The number of hydrogen-bond donors (Lipinski definition) is 1. The first-order chi connectivity index (χ1) is 13.1. The van der Waals surface area contributed by atoms with E-state index in [9.17, 15) is 4.79 Å². The Morgan fingerprint density at radius 3 is 2.44 bits per heavy atom. The van der Waals surface area contributed by atoms with Crippen molar-refractivity contribution in [3.8, 4) is 0 Å². The van der Waals surface area contributed by atoms with Gasteiger partial charge in [0.15, 0.2) is 0 Å². The Balaban J connectivity index is 1.76. The number of nitrogens with one attached hydrogen (secondary N) is 1. The Morgan fingerprint density at radius 2 is 1.74 bits per heavy atom. The normalized spacial score (nSPS) is 10.5. The van der Waals surface area contributed by atoms with Crippen LogP contribution < -0.4 is 5.32 Å². The molecular formula is C23H25N3O. The molecule has 27 heavy (non-hydrogen) atoms. The average Bonchev–Trinajstić information content (AvgIpc) is 2.69. The first kappa shape index (κ1) is 18.6. The van der Waals surface area contributed by atoms with Gasteiger partial charge in [-0.1, -0.05) is 36.4 Å². The monoisotopic (exact) mass is 359 g/mol. The highest BCUT2D eigenvalue weighted by molar-refractivity contribution is 5.94. The van der Waals surface area contributed by atoms with Crippen LogP contribution in [0.5, 0.6) is 0 Å². The topological polar surface area (TPSA) is 45.2 Å². The Labute approximate surface area is 160 Å². The molecule has 2 aromatic carbocycles. The minimum atomic E-state index is -0.0161. The molecule has 0 aliphatic carbocycles. The van der Waals surface area contributed by atoms with Gasteiger partial charge in [0.25, 0.3) is 5.91 Å². The highest BCUT2D eigenvalue weighted by atomic mass is 16.2. The van der Waals surface area contributed by atoms with Crippen molar-refractivity contribution in [2.45, 2.75) is 27.3 Å². The van der Waals surface area contributed by atoms with E-state index in [1.165, 1.54) is 11.1 Å².